The number of rotatable bonds is 2. The maximum atomic E-state index is 13.9. The Labute approximate surface area is 112 Å². The Morgan fingerprint density at radius 1 is 1.26 bits per heavy atom. The summed E-state index contributed by atoms with van der Waals surface area (Å²) in [4.78, 5) is 11.3. The highest BCUT2D eigenvalue weighted by Crippen LogP contribution is 2.34. The maximum Gasteiger partial charge on any atom is 0.262 e. The lowest BCUT2D eigenvalue weighted by Crippen LogP contribution is -2.26. The van der Waals surface area contributed by atoms with Crippen LogP contribution in [0.3, 0.4) is 0 Å². The van der Waals surface area contributed by atoms with Gasteiger partial charge in [0.2, 0.25) is 0 Å². The summed E-state index contributed by atoms with van der Waals surface area (Å²) in [7, 11) is 0. The number of carbonyl (C=O) groups is 1. The third-order valence-corrected chi connectivity index (χ3v) is 3.97. The summed E-state index contributed by atoms with van der Waals surface area (Å²) in [6, 6.07) is 3.40. The van der Waals surface area contributed by atoms with Crippen molar-refractivity contribution in [2.45, 2.75) is 38.5 Å². The van der Waals surface area contributed by atoms with Crippen LogP contribution in [-0.4, -0.2) is 12.5 Å². The van der Waals surface area contributed by atoms with Crippen LogP contribution in [0.25, 0.3) is 0 Å². The highest BCUT2D eigenvalue weighted by molar-refractivity contribution is 5.95. The molecule has 0 unspecified atom stereocenters. The molecule has 0 spiro atoms. The lowest BCUT2D eigenvalue weighted by Gasteiger charge is -2.23. The second-order valence-corrected chi connectivity index (χ2v) is 5.50. The van der Waals surface area contributed by atoms with Gasteiger partial charge in [-0.25, -0.2) is 4.39 Å². The minimum atomic E-state index is -0.372. The molecule has 0 aromatic heterocycles. The molecule has 1 aromatic carbocycles. The predicted molar refractivity (Wildman–Crippen MR) is 70.8 cm³/mol. The number of nitrogens with one attached hydrogen (secondary N) is 1. The predicted octanol–water partition coefficient (Wildman–Crippen LogP) is 3.28. The quantitative estimate of drug-likeness (QED) is 0.889. The average Bonchev–Trinajstić information content (AvgIpc) is 2.39. The number of carbonyl (C=O) groups excluding carboxylic acids is 1. The van der Waals surface area contributed by atoms with Crippen molar-refractivity contribution < 1.29 is 13.9 Å². The Morgan fingerprint density at radius 3 is 2.84 bits per heavy atom. The molecule has 0 radical (unpaired) electrons. The minimum Gasteiger partial charge on any atom is -0.478 e. The molecule has 19 heavy (non-hydrogen) atoms. The average molecular weight is 263 g/mol. The van der Waals surface area contributed by atoms with Crippen molar-refractivity contribution in [3.63, 3.8) is 0 Å². The smallest absolute Gasteiger partial charge is 0.262 e. The monoisotopic (exact) mass is 263 g/mol. The number of benzene rings is 1. The fourth-order valence-electron chi connectivity index (χ4n) is 3.06. The topological polar surface area (TPSA) is 38.3 Å². The molecular weight excluding hydrogens is 245 g/mol. The summed E-state index contributed by atoms with van der Waals surface area (Å²) in [5.74, 6) is 0.225. The molecule has 1 saturated carbocycles. The second-order valence-electron chi connectivity index (χ2n) is 5.50. The van der Waals surface area contributed by atoms with Crippen LogP contribution in [0.5, 0.6) is 5.75 Å². The van der Waals surface area contributed by atoms with Gasteiger partial charge in [0.15, 0.2) is 18.2 Å². The number of ether oxygens (including phenoxy) is 1. The van der Waals surface area contributed by atoms with Crippen molar-refractivity contribution in [3.8, 4) is 5.75 Å². The fourth-order valence-corrected chi connectivity index (χ4v) is 3.06. The molecule has 3 nitrogen and oxygen atoms in total. The molecule has 0 bridgehead atoms. The van der Waals surface area contributed by atoms with Crippen molar-refractivity contribution in [1.82, 2.24) is 0 Å². The number of anilines is 1. The van der Waals surface area contributed by atoms with Crippen LogP contribution in [0.1, 0.15) is 37.7 Å². The maximum absolute atomic E-state index is 13.9. The number of fused-ring (bicyclic) bond motifs is 1. The third-order valence-electron chi connectivity index (χ3n) is 3.97. The normalized spacial score (nSPS) is 19.5. The van der Waals surface area contributed by atoms with Crippen LogP contribution in [0, 0.1) is 11.7 Å². The molecule has 1 aliphatic carbocycles. The van der Waals surface area contributed by atoms with Crippen molar-refractivity contribution >= 4 is 11.6 Å². The second kappa shape index (κ2) is 5.19. The van der Waals surface area contributed by atoms with Gasteiger partial charge >= 0.3 is 0 Å². The highest BCUT2D eigenvalue weighted by Gasteiger charge is 2.22. The van der Waals surface area contributed by atoms with E-state index in [1.165, 1.54) is 32.1 Å². The van der Waals surface area contributed by atoms with Crippen LogP contribution in [0.15, 0.2) is 12.1 Å². The first-order valence-electron chi connectivity index (χ1n) is 6.97. The number of hydrogen-bond donors (Lipinski definition) is 1. The minimum absolute atomic E-state index is 0.105. The number of halogens is 1. The Kier molecular flexibility index (Phi) is 3.40. The first-order chi connectivity index (χ1) is 9.22. The van der Waals surface area contributed by atoms with Crippen molar-refractivity contribution in [2.24, 2.45) is 5.92 Å². The van der Waals surface area contributed by atoms with E-state index in [1.807, 2.05) is 6.07 Å². The Hall–Kier alpha value is -1.58. The molecule has 1 fully saturated rings. The van der Waals surface area contributed by atoms with Crippen LogP contribution in [0.2, 0.25) is 0 Å². The summed E-state index contributed by atoms with van der Waals surface area (Å²) >= 11 is 0. The summed E-state index contributed by atoms with van der Waals surface area (Å²) < 4.78 is 19.1. The third kappa shape index (κ3) is 2.72. The van der Waals surface area contributed by atoms with Crippen LogP contribution in [0.4, 0.5) is 10.1 Å². The largest absolute Gasteiger partial charge is 0.478 e. The molecular formula is C15H18FNO2. The molecule has 1 aliphatic heterocycles. The van der Waals surface area contributed by atoms with Crippen molar-refractivity contribution in [3.05, 3.63) is 23.5 Å². The highest BCUT2D eigenvalue weighted by atomic mass is 19.1. The SMILES string of the molecule is O=C1COc2c(F)cc(CC3CCCCC3)cc2N1. The van der Waals surface area contributed by atoms with E-state index in [0.29, 0.717) is 11.6 Å². The molecule has 1 amide bonds. The fraction of sp³-hybridized carbons (Fsp3) is 0.533. The van der Waals surface area contributed by atoms with Gasteiger partial charge in [-0.05, 0) is 30.0 Å². The zero-order valence-corrected chi connectivity index (χ0v) is 10.9. The summed E-state index contributed by atoms with van der Waals surface area (Å²) in [6.07, 6.45) is 7.21. The van der Waals surface area contributed by atoms with E-state index in [9.17, 15) is 9.18 Å². The standard InChI is InChI=1S/C15H18FNO2/c16-12-7-11(6-10-4-2-1-3-5-10)8-13-15(12)19-9-14(18)17-13/h7-8,10H,1-6,9H2,(H,17,18). The van der Waals surface area contributed by atoms with Gasteiger partial charge in [0.1, 0.15) is 0 Å². The first kappa shape index (κ1) is 12.5. The zero-order chi connectivity index (χ0) is 13.2. The van der Waals surface area contributed by atoms with E-state index >= 15 is 0 Å². The first-order valence-corrected chi connectivity index (χ1v) is 6.97. The molecule has 3 rings (SSSR count). The lowest BCUT2D eigenvalue weighted by molar-refractivity contribution is -0.118. The van der Waals surface area contributed by atoms with E-state index in [2.05, 4.69) is 5.32 Å². The molecule has 1 N–H and O–H groups in total. The van der Waals surface area contributed by atoms with Gasteiger partial charge in [0, 0.05) is 0 Å². The number of amides is 1. The van der Waals surface area contributed by atoms with E-state index < -0.39 is 0 Å². The van der Waals surface area contributed by atoms with Gasteiger partial charge in [-0.2, -0.15) is 0 Å². The molecule has 0 saturated heterocycles. The van der Waals surface area contributed by atoms with E-state index in [4.69, 9.17) is 4.74 Å². The van der Waals surface area contributed by atoms with Crippen LogP contribution >= 0.6 is 0 Å². The van der Waals surface area contributed by atoms with E-state index in [1.54, 1.807) is 6.07 Å². The van der Waals surface area contributed by atoms with Gasteiger partial charge in [-0.3, -0.25) is 4.79 Å². The van der Waals surface area contributed by atoms with E-state index in [0.717, 1.165) is 12.0 Å². The summed E-state index contributed by atoms with van der Waals surface area (Å²) in [5.41, 5.74) is 1.43. The molecule has 0 atom stereocenters. The summed E-state index contributed by atoms with van der Waals surface area (Å²) in [5, 5.41) is 2.67. The zero-order valence-electron chi connectivity index (χ0n) is 10.9. The molecule has 1 heterocycles. The summed E-state index contributed by atoms with van der Waals surface area (Å²) in [6.45, 7) is -0.105. The van der Waals surface area contributed by atoms with Gasteiger partial charge in [0.05, 0.1) is 5.69 Å². The Bertz CT molecular complexity index is 495. The molecule has 4 heteroatoms. The molecule has 102 valence electrons. The Morgan fingerprint density at radius 2 is 2.05 bits per heavy atom. The molecule has 2 aliphatic rings. The van der Waals surface area contributed by atoms with Crippen molar-refractivity contribution in [1.29, 1.82) is 0 Å². The van der Waals surface area contributed by atoms with Crippen LogP contribution < -0.4 is 10.1 Å². The van der Waals surface area contributed by atoms with Gasteiger partial charge < -0.3 is 10.1 Å². The van der Waals surface area contributed by atoms with E-state index in [-0.39, 0.29) is 24.1 Å². The lowest BCUT2D eigenvalue weighted by atomic mass is 9.85. The van der Waals surface area contributed by atoms with Gasteiger partial charge in [-0.15, -0.1) is 0 Å². The number of hydrogen-bond acceptors (Lipinski definition) is 2. The molecule has 1 aromatic rings. The Balaban J connectivity index is 1.80. The van der Waals surface area contributed by atoms with Crippen molar-refractivity contribution in [2.75, 3.05) is 11.9 Å². The van der Waals surface area contributed by atoms with Crippen LogP contribution in [-0.2, 0) is 11.2 Å². The van der Waals surface area contributed by atoms with Gasteiger partial charge in [-0.1, -0.05) is 32.1 Å². The van der Waals surface area contributed by atoms with Gasteiger partial charge in [0.25, 0.3) is 5.91 Å².